The maximum Gasteiger partial charge on any atom is 0.307 e. The van der Waals surface area contributed by atoms with Crippen molar-refractivity contribution in [2.75, 3.05) is 7.11 Å². The Hall–Kier alpha value is -3.27. The molecule has 3 unspecified atom stereocenters. The largest absolute Gasteiger partial charge is 0.497 e. The molecule has 0 aromatic heterocycles. The first kappa shape index (κ1) is 20.3. The predicted molar refractivity (Wildman–Crippen MR) is 127 cm³/mol. The molecular formula is C29H28O4. The van der Waals surface area contributed by atoms with Crippen LogP contribution in [0.3, 0.4) is 0 Å². The van der Waals surface area contributed by atoms with Gasteiger partial charge in [-0.15, -0.1) is 0 Å². The van der Waals surface area contributed by atoms with Crippen LogP contribution in [0.5, 0.6) is 11.5 Å². The average Bonchev–Trinajstić information content (AvgIpc) is 3.09. The van der Waals surface area contributed by atoms with Crippen LogP contribution in [0.1, 0.15) is 48.1 Å². The number of aryl methyl sites for hydroxylation is 2. The number of ether oxygens (including phenoxy) is 2. The first-order valence-electron chi connectivity index (χ1n) is 11.8. The van der Waals surface area contributed by atoms with E-state index in [1.165, 1.54) is 27.8 Å². The van der Waals surface area contributed by atoms with Crippen molar-refractivity contribution in [3.05, 3.63) is 82.9 Å². The molecule has 1 spiro atoms. The molecule has 33 heavy (non-hydrogen) atoms. The van der Waals surface area contributed by atoms with Crippen molar-refractivity contribution >= 4 is 5.97 Å². The minimum atomic E-state index is -0.668. The third-order valence-corrected chi connectivity index (χ3v) is 8.26. The Labute approximate surface area is 194 Å². The third kappa shape index (κ3) is 3.07. The Morgan fingerprint density at radius 2 is 1.82 bits per heavy atom. The van der Waals surface area contributed by atoms with E-state index < -0.39 is 5.97 Å². The molecule has 1 saturated carbocycles. The van der Waals surface area contributed by atoms with Gasteiger partial charge in [0.2, 0.25) is 0 Å². The van der Waals surface area contributed by atoms with Gasteiger partial charge in [-0.25, -0.2) is 0 Å². The number of aliphatic carboxylic acids is 1. The van der Waals surface area contributed by atoms with Crippen molar-refractivity contribution in [1.29, 1.82) is 0 Å². The second-order valence-electron chi connectivity index (χ2n) is 9.75. The van der Waals surface area contributed by atoms with Crippen LogP contribution in [0.4, 0.5) is 0 Å². The quantitative estimate of drug-likeness (QED) is 0.532. The van der Waals surface area contributed by atoms with Crippen molar-refractivity contribution in [2.24, 2.45) is 11.8 Å². The summed E-state index contributed by atoms with van der Waals surface area (Å²) in [5.74, 6) is 0.968. The molecule has 0 saturated heterocycles. The highest BCUT2D eigenvalue weighted by Gasteiger charge is 2.68. The van der Waals surface area contributed by atoms with Crippen LogP contribution in [-0.2, 0) is 23.1 Å². The van der Waals surface area contributed by atoms with Crippen molar-refractivity contribution < 1.29 is 19.4 Å². The lowest BCUT2D eigenvalue weighted by Crippen LogP contribution is -2.12. The average molecular weight is 441 g/mol. The summed E-state index contributed by atoms with van der Waals surface area (Å²) in [5, 5.41) is 9.68. The van der Waals surface area contributed by atoms with E-state index in [-0.39, 0.29) is 23.4 Å². The van der Waals surface area contributed by atoms with Crippen LogP contribution in [0.2, 0.25) is 0 Å². The van der Waals surface area contributed by atoms with E-state index in [9.17, 15) is 9.90 Å². The van der Waals surface area contributed by atoms with E-state index in [1.807, 2.05) is 12.1 Å². The SMILES string of the molecule is COc1cccc(-c2ccc3c(c2)CCC3Oc2ccc3c(c2)C2(CC3)C(C(=O)O)[C@@H]2C)c1. The predicted octanol–water partition coefficient (Wildman–Crippen LogP) is 5.96. The van der Waals surface area contributed by atoms with Gasteiger partial charge in [-0.3, -0.25) is 4.79 Å². The summed E-state index contributed by atoms with van der Waals surface area (Å²) in [7, 11) is 1.69. The Bertz CT molecular complexity index is 1260. The van der Waals surface area contributed by atoms with Crippen LogP contribution in [0, 0.1) is 11.8 Å². The topological polar surface area (TPSA) is 55.8 Å². The number of carboxylic acid groups (broad SMARTS) is 1. The van der Waals surface area contributed by atoms with E-state index in [1.54, 1.807) is 7.11 Å². The monoisotopic (exact) mass is 440 g/mol. The Morgan fingerprint density at radius 3 is 2.61 bits per heavy atom. The molecule has 3 aliphatic carbocycles. The zero-order valence-corrected chi connectivity index (χ0v) is 19.0. The third-order valence-electron chi connectivity index (χ3n) is 8.26. The molecule has 0 bridgehead atoms. The number of benzene rings is 3. The van der Waals surface area contributed by atoms with Gasteiger partial charge >= 0.3 is 5.97 Å². The summed E-state index contributed by atoms with van der Waals surface area (Å²) in [5.41, 5.74) is 7.21. The Kier molecular flexibility index (Phi) is 4.55. The van der Waals surface area contributed by atoms with Crippen LogP contribution in [0.15, 0.2) is 60.7 Å². The highest BCUT2D eigenvalue weighted by atomic mass is 16.5. The summed E-state index contributed by atoms with van der Waals surface area (Å²) < 4.78 is 11.9. The van der Waals surface area contributed by atoms with E-state index in [0.29, 0.717) is 0 Å². The number of carboxylic acids is 1. The first-order chi connectivity index (χ1) is 16.0. The molecule has 4 atom stereocenters. The summed E-state index contributed by atoms with van der Waals surface area (Å²) >= 11 is 0. The van der Waals surface area contributed by atoms with Gasteiger partial charge in [0.15, 0.2) is 0 Å². The number of carbonyl (C=O) groups is 1. The lowest BCUT2D eigenvalue weighted by Gasteiger charge is -2.18. The van der Waals surface area contributed by atoms with E-state index >= 15 is 0 Å². The normalized spacial score (nSPS) is 26.7. The van der Waals surface area contributed by atoms with Crippen LogP contribution in [-0.4, -0.2) is 18.2 Å². The summed E-state index contributed by atoms with van der Waals surface area (Å²) in [4.78, 5) is 11.8. The molecule has 3 aliphatic rings. The molecule has 0 radical (unpaired) electrons. The highest BCUT2D eigenvalue weighted by Crippen LogP contribution is 2.66. The smallest absolute Gasteiger partial charge is 0.307 e. The molecule has 0 amide bonds. The lowest BCUT2D eigenvalue weighted by molar-refractivity contribution is -0.139. The van der Waals surface area contributed by atoms with Crippen LogP contribution < -0.4 is 9.47 Å². The molecule has 3 aromatic rings. The van der Waals surface area contributed by atoms with Gasteiger partial charge in [-0.2, -0.15) is 0 Å². The van der Waals surface area contributed by atoms with Crippen molar-refractivity contribution in [1.82, 2.24) is 0 Å². The van der Waals surface area contributed by atoms with Crippen LogP contribution in [0.25, 0.3) is 11.1 Å². The Morgan fingerprint density at radius 1 is 0.970 bits per heavy atom. The molecule has 168 valence electrons. The van der Waals surface area contributed by atoms with Crippen LogP contribution >= 0.6 is 0 Å². The molecule has 3 aromatic carbocycles. The maximum atomic E-state index is 11.8. The molecule has 1 N–H and O–H groups in total. The number of hydrogen-bond donors (Lipinski definition) is 1. The van der Waals surface area contributed by atoms with Gasteiger partial charge in [0.25, 0.3) is 0 Å². The van der Waals surface area contributed by atoms with Gasteiger partial charge in [-0.05, 0) is 89.2 Å². The molecule has 6 rings (SSSR count). The Balaban J connectivity index is 1.25. The summed E-state index contributed by atoms with van der Waals surface area (Å²) in [6, 6.07) is 21.1. The number of fused-ring (bicyclic) bond motifs is 3. The number of hydrogen-bond acceptors (Lipinski definition) is 3. The standard InChI is InChI=1S/C29H28O4/c1-17-27(28(30)31)29(17)13-12-18-6-9-23(16-25(18)29)33-26-11-8-21-14-20(7-10-24(21)26)19-4-3-5-22(15-19)32-2/h3-7,9-10,14-17,26-27H,8,11-13H2,1-2H3,(H,30,31)/t17-,26?,27?,29?/m0/s1. The minimum absolute atomic E-state index is 0.0293. The van der Waals surface area contributed by atoms with Gasteiger partial charge < -0.3 is 14.6 Å². The van der Waals surface area contributed by atoms with E-state index in [0.717, 1.165) is 42.7 Å². The zero-order chi connectivity index (χ0) is 22.7. The van der Waals surface area contributed by atoms with Gasteiger partial charge in [0.1, 0.15) is 17.6 Å². The fraction of sp³-hybridized carbons (Fsp3) is 0.345. The highest BCUT2D eigenvalue weighted by molar-refractivity contribution is 5.79. The summed E-state index contributed by atoms with van der Waals surface area (Å²) in [6.07, 6.45) is 3.87. The number of methoxy groups -OCH3 is 1. The lowest BCUT2D eigenvalue weighted by atomic mass is 9.93. The summed E-state index contributed by atoms with van der Waals surface area (Å²) in [6.45, 7) is 2.08. The van der Waals surface area contributed by atoms with Gasteiger partial charge in [0, 0.05) is 5.41 Å². The molecule has 0 aliphatic heterocycles. The fourth-order valence-electron chi connectivity index (χ4n) is 6.46. The molecule has 0 heterocycles. The molecule has 1 fully saturated rings. The second kappa shape index (κ2) is 7.38. The minimum Gasteiger partial charge on any atom is -0.497 e. The first-order valence-corrected chi connectivity index (χ1v) is 11.8. The van der Waals surface area contributed by atoms with Gasteiger partial charge in [-0.1, -0.05) is 43.3 Å². The molecule has 4 nitrogen and oxygen atoms in total. The second-order valence-corrected chi connectivity index (χ2v) is 9.75. The maximum absolute atomic E-state index is 11.8. The van der Waals surface area contributed by atoms with E-state index in [4.69, 9.17) is 9.47 Å². The van der Waals surface area contributed by atoms with E-state index in [2.05, 4.69) is 55.5 Å². The fourth-order valence-corrected chi connectivity index (χ4v) is 6.46. The van der Waals surface area contributed by atoms with Crippen molar-refractivity contribution in [3.63, 3.8) is 0 Å². The van der Waals surface area contributed by atoms with Gasteiger partial charge in [0.05, 0.1) is 13.0 Å². The van der Waals surface area contributed by atoms with Crippen molar-refractivity contribution in [3.8, 4) is 22.6 Å². The number of rotatable bonds is 5. The van der Waals surface area contributed by atoms with Crippen molar-refractivity contribution in [2.45, 2.75) is 44.1 Å². The zero-order valence-electron chi connectivity index (χ0n) is 19.0. The molecular weight excluding hydrogens is 412 g/mol. The molecule has 4 heteroatoms.